The number of primary sulfonamides is 1. The molecule has 0 radical (unpaired) electrons. The van der Waals surface area contributed by atoms with Gasteiger partial charge in [0.05, 0.1) is 11.4 Å². The molecule has 1 fully saturated rings. The average Bonchev–Trinajstić information content (AvgIpc) is 2.88. The standard InChI is InChI=1S/C13H19N3O3S/c14-20(18,19)12-5-3-11(4-6-12)9-15-13(17)10-16-7-1-2-8-16/h3-6H,1-2,7-10H2,(H,15,17)(H2,14,18,19). The predicted octanol–water partition coefficient (Wildman–Crippen LogP) is 0.0460. The van der Waals surface area contributed by atoms with E-state index in [1.165, 1.54) is 12.1 Å². The molecule has 1 amide bonds. The summed E-state index contributed by atoms with van der Waals surface area (Å²) in [5.41, 5.74) is 0.840. The molecule has 110 valence electrons. The molecule has 0 saturated carbocycles. The van der Waals surface area contributed by atoms with Gasteiger partial charge in [-0.15, -0.1) is 0 Å². The minimum atomic E-state index is -3.66. The molecule has 1 aliphatic rings. The molecule has 0 spiro atoms. The first-order valence-corrected chi connectivity index (χ1v) is 8.10. The molecule has 0 bridgehead atoms. The van der Waals surface area contributed by atoms with Crippen molar-refractivity contribution >= 4 is 15.9 Å². The lowest BCUT2D eigenvalue weighted by atomic mass is 10.2. The van der Waals surface area contributed by atoms with Crippen LogP contribution < -0.4 is 10.5 Å². The van der Waals surface area contributed by atoms with Gasteiger partial charge in [0.25, 0.3) is 0 Å². The van der Waals surface area contributed by atoms with Gasteiger partial charge in [-0.1, -0.05) is 12.1 Å². The number of carbonyl (C=O) groups is 1. The SMILES string of the molecule is NS(=O)(=O)c1ccc(CNC(=O)CN2CCCC2)cc1. The number of sulfonamides is 1. The van der Waals surface area contributed by atoms with Crippen LogP contribution in [0.25, 0.3) is 0 Å². The van der Waals surface area contributed by atoms with Crippen molar-refractivity contribution in [3.63, 3.8) is 0 Å². The van der Waals surface area contributed by atoms with Crippen LogP contribution in [0, 0.1) is 0 Å². The number of carbonyl (C=O) groups excluding carboxylic acids is 1. The molecule has 0 aliphatic carbocycles. The Hall–Kier alpha value is -1.44. The van der Waals surface area contributed by atoms with E-state index in [-0.39, 0.29) is 10.8 Å². The van der Waals surface area contributed by atoms with Gasteiger partial charge in [-0.25, -0.2) is 13.6 Å². The highest BCUT2D eigenvalue weighted by molar-refractivity contribution is 7.89. The van der Waals surface area contributed by atoms with E-state index in [4.69, 9.17) is 5.14 Å². The fourth-order valence-corrected chi connectivity index (χ4v) is 2.71. The number of nitrogens with two attached hydrogens (primary N) is 1. The number of rotatable bonds is 5. The van der Waals surface area contributed by atoms with Crippen molar-refractivity contribution in [2.24, 2.45) is 5.14 Å². The predicted molar refractivity (Wildman–Crippen MR) is 75.3 cm³/mol. The van der Waals surface area contributed by atoms with Crippen molar-refractivity contribution in [2.75, 3.05) is 19.6 Å². The Morgan fingerprint density at radius 2 is 1.80 bits per heavy atom. The number of hydrogen-bond donors (Lipinski definition) is 2. The Morgan fingerprint density at radius 3 is 2.35 bits per heavy atom. The molecule has 3 N–H and O–H groups in total. The third kappa shape index (κ3) is 4.29. The molecule has 1 aliphatic heterocycles. The highest BCUT2D eigenvalue weighted by Gasteiger charge is 2.14. The summed E-state index contributed by atoms with van der Waals surface area (Å²) in [5.74, 6) is -0.0116. The van der Waals surface area contributed by atoms with Crippen molar-refractivity contribution in [3.8, 4) is 0 Å². The van der Waals surface area contributed by atoms with Gasteiger partial charge >= 0.3 is 0 Å². The van der Waals surface area contributed by atoms with Gasteiger partial charge < -0.3 is 5.32 Å². The van der Waals surface area contributed by atoms with Crippen LogP contribution in [0.4, 0.5) is 0 Å². The van der Waals surface area contributed by atoms with E-state index >= 15 is 0 Å². The summed E-state index contributed by atoms with van der Waals surface area (Å²) in [4.78, 5) is 13.9. The quantitative estimate of drug-likeness (QED) is 0.803. The average molecular weight is 297 g/mol. The van der Waals surface area contributed by atoms with Gasteiger partial charge in [0.1, 0.15) is 0 Å². The maximum Gasteiger partial charge on any atom is 0.238 e. The van der Waals surface area contributed by atoms with Crippen LogP contribution in [-0.4, -0.2) is 38.9 Å². The first-order valence-electron chi connectivity index (χ1n) is 6.56. The topological polar surface area (TPSA) is 92.5 Å². The molecule has 1 heterocycles. The van der Waals surface area contributed by atoms with Crippen LogP contribution in [0.5, 0.6) is 0 Å². The summed E-state index contributed by atoms with van der Waals surface area (Å²) in [6.45, 7) is 2.78. The summed E-state index contributed by atoms with van der Waals surface area (Å²) >= 11 is 0. The fraction of sp³-hybridized carbons (Fsp3) is 0.462. The first-order chi connectivity index (χ1) is 9.45. The maximum absolute atomic E-state index is 11.7. The van der Waals surface area contributed by atoms with Crippen molar-refractivity contribution in [1.29, 1.82) is 0 Å². The van der Waals surface area contributed by atoms with Gasteiger partial charge in [0.2, 0.25) is 15.9 Å². The Labute approximate surface area is 119 Å². The van der Waals surface area contributed by atoms with Gasteiger partial charge in [-0.3, -0.25) is 9.69 Å². The second-order valence-electron chi connectivity index (χ2n) is 4.95. The number of benzene rings is 1. The lowest BCUT2D eigenvalue weighted by Gasteiger charge is -2.14. The van der Waals surface area contributed by atoms with Crippen molar-refractivity contribution in [2.45, 2.75) is 24.3 Å². The Bertz CT molecular complexity index is 563. The second kappa shape index (κ2) is 6.34. The Morgan fingerprint density at radius 1 is 1.20 bits per heavy atom. The van der Waals surface area contributed by atoms with Gasteiger partial charge in [0.15, 0.2) is 0 Å². The van der Waals surface area contributed by atoms with E-state index in [2.05, 4.69) is 10.2 Å². The smallest absolute Gasteiger partial charge is 0.238 e. The second-order valence-corrected chi connectivity index (χ2v) is 6.51. The maximum atomic E-state index is 11.7. The van der Waals surface area contributed by atoms with E-state index in [1.54, 1.807) is 12.1 Å². The lowest BCUT2D eigenvalue weighted by molar-refractivity contribution is -0.122. The van der Waals surface area contributed by atoms with Crippen LogP contribution in [-0.2, 0) is 21.4 Å². The number of nitrogens with zero attached hydrogens (tertiary/aromatic N) is 1. The molecule has 1 saturated heterocycles. The van der Waals surface area contributed by atoms with Crippen molar-refractivity contribution < 1.29 is 13.2 Å². The normalized spacial score (nSPS) is 16.2. The van der Waals surface area contributed by atoms with E-state index in [9.17, 15) is 13.2 Å². The number of nitrogens with one attached hydrogen (secondary N) is 1. The molecule has 0 atom stereocenters. The highest BCUT2D eigenvalue weighted by Crippen LogP contribution is 2.09. The molecule has 1 aromatic rings. The zero-order chi connectivity index (χ0) is 14.6. The zero-order valence-corrected chi connectivity index (χ0v) is 12.0. The zero-order valence-electron chi connectivity index (χ0n) is 11.2. The van der Waals surface area contributed by atoms with Gasteiger partial charge in [-0.2, -0.15) is 0 Å². The first kappa shape index (κ1) is 15.0. The molecule has 0 aromatic heterocycles. The summed E-state index contributed by atoms with van der Waals surface area (Å²) < 4.78 is 22.2. The van der Waals surface area contributed by atoms with Crippen molar-refractivity contribution in [3.05, 3.63) is 29.8 Å². The third-order valence-electron chi connectivity index (χ3n) is 3.31. The molecule has 20 heavy (non-hydrogen) atoms. The monoisotopic (exact) mass is 297 g/mol. The van der Waals surface area contributed by atoms with Crippen LogP contribution in [0.2, 0.25) is 0 Å². The molecule has 1 aromatic carbocycles. The van der Waals surface area contributed by atoms with Gasteiger partial charge in [0, 0.05) is 6.54 Å². The highest BCUT2D eigenvalue weighted by atomic mass is 32.2. The van der Waals surface area contributed by atoms with Crippen LogP contribution in [0.1, 0.15) is 18.4 Å². The summed E-state index contributed by atoms with van der Waals surface area (Å²) in [6, 6.07) is 6.18. The third-order valence-corrected chi connectivity index (χ3v) is 4.24. The lowest BCUT2D eigenvalue weighted by Crippen LogP contribution is -2.35. The summed E-state index contributed by atoms with van der Waals surface area (Å²) in [6.07, 6.45) is 2.31. The van der Waals surface area contributed by atoms with Gasteiger partial charge in [-0.05, 0) is 43.6 Å². The molecular weight excluding hydrogens is 278 g/mol. The number of likely N-dealkylation sites (tertiary alicyclic amines) is 1. The molecule has 7 heteroatoms. The minimum Gasteiger partial charge on any atom is -0.351 e. The van der Waals surface area contributed by atoms with E-state index in [0.717, 1.165) is 31.5 Å². The van der Waals surface area contributed by atoms with E-state index in [0.29, 0.717) is 13.1 Å². The van der Waals surface area contributed by atoms with Crippen LogP contribution in [0.3, 0.4) is 0 Å². The van der Waals surface area contributed by atoms with Crippen molar-refractivity contribution in [1.82, 2.24) is 10.2 Å². The summed E-state index contributed by atoms with van der Waals surface area (Å²) in [7, 11) is -3.66. The van der Waals surface area contributed by atoms with E-state index < -0.39 is 10.0 Å². The summed E-state index contributed by atoms with van der Waals surface area (Å²) in [5, 5.41) is 7.84. The number of hydrogen-bond acceptors (Lipinski definition) is 4. The Balaban J connectivity index is 1.83. The molecule has 6 nitrogen and oxygen atoms in total. The molecule has 2 rings (SSSR count). The largest absolute Gasteiger partial charge is 0.351 e. The molecule has 0 unspecified atom stereocenters. The number of amides is 1. The molecular formula is C13H19N3O3S. The Kier molecular flexibility index (Phi) is 4.74. The van der Waals surface area contributed by atoms with E-state index in [1.807, 2.05) is 0 Å². The minimum absolute atomic E-state index is 0.0116. The fourth-order valence-electron chi connectivity index (χ4n) is 2.20. The van der Waals surface area contributed by atoms with Crippen LogP contribution >= 0.6 is 0 Å². The van der Waals surface area contributed by atoms with Crippen LogP contribution in [0.15, 0.2) is 29.2 Å².